The monoisotopic (exact) mass is 761 g/mol. The molecule has 4 rings (SSSR count). The highest BCUT2D eigenvalue weighted by atomic mass is 19.2. The van der Waals surface area contributed by atoms with Crippen LogP contribution in [0.15, 0.2) is 30.3 Å². The topological polar surface area (TPSA) is 196 Å². The summed E-state index contributed by atoms with van der Waals surface area (Å²) in [6.07, 6.45) is 0. The molecular weight excluding hydrogens is 732 g/mol. The van der Waals surface area contributed by atoms with Gasteiger partial charge in [0, 0.05) is 23.9 Å². The molecule has 0 aliphatic carbocycles. The van der Waals surface area contributed by atoms with Crippen molar-refractivity contribution in [3.63, 3.8) is 0 Å². The number of aliphatic carboxylic acids is 4. The molecule has 0 radical (unpaired) electrons. The molecule has 1 aliphatic heterocycles. The summed E-state index contributed by atoms with van der Waals surface area (Å²) in [7, 11) is 0. The van der Waals surface area contributed by atoms with Gasteiger partial charge in [0.05, 0.1) is 13.1 Å². The zero-order valence-electron chi connectivity index (χ0n) is 27.1. The number of anilines is 3. The van der Waals surface area contributed by atoms with Gasteiger partial charge in [0.25, 0.3) is 0 Å². The fourth-order valence-electron chi connectivity index (χ4n) is 5.13. The lowest BCUT2D eigenvalue weighted by atomic mass is 10.2. The van der Waals surface area contributed by atoms with Crippen molar-refractivity contribution < 1.29 is 84.9 Å². The van der Waals surface area contributed by atoms with Gasteiger partial charge in [-0.05, 0) is 12.1 Å². The lowest BCUT2D eigenvalue weighted by Gasteiger charge is -2.28. The van der Waals surface area contributed by atoms with Crippen LogP contribution in [-0.4, -0.2) is 110 Å². The van der Waals surface area contributed by atoms with Crippen molar-refractivity contribution in [2.45, 2.75) is 0 Å². The third-order valence-electron chi connectivity index (χ3n) is 7.27. The summed E-state index contributed by atoms with van der Waals surface area (Å²) in [5.41, 5.74) is -1.79. The molecule has 1 heterocycles. The first-order valence-corrected chi connectivity index (χ1v) is 15.2. The molecular formula is C32H29F6N3O12. The Morgan fingerprint density at radius 1 is 0.547 bits per heavy atom. The number of halogens is 6. The molecule has 0 saturated carbocycles. The molecule has 3 aromatic rings. The molecule has 286 valence electrons. The summed E-state index contributed by atoms with van der Waals surface area (Å²) in [4.78, 5) is 48.8. The van der Waals surface area contributed by atoms with E-state index < -0.39 is 147 Å². The first kappa shape index (κ1) is 39.5. The second kappa shape index (κ2) is 17.3. The lowest BCUT2D eigenvalue weighted by Crippen LogP contribution is -2.36. The van der Waals surface area contributed by atoms with E-state index in [2.05, 4.69) is 0 Å². The number of carboxylic acids is 4. The minimum atomic E-state index is -2.00. The van der Waals surface area contributed by atoms with E-state index in [4.69, 9.17) is 18.9 Å². The fraction of sp³-hybridized carbons (Fsp3) is 0.312. The second-order valence-corrected chi connectivity index (χ2v) is 11.0. The van der Waals surface area contributed by atoms with Gasteiger partial charge in [0.15, 0.2) is 46.4 Å². The SMILES string of the molecule is O=C(O)CN(CC(=O)O)c1ccc2c(c1)OCCN(CC(=O)O)c1c(cc(F)c(F)c1F)OCCOc1cc(F)c(F)c(F)c1N(CC(=O)O)CCO2. The molecule has 0 aromatic heterocycles. The number of carboxylic acid groups (broad SMARTS) is 4. The average molecular weight is 762 g/mol. The lowest BCUT2D eigenvalue weighted by molar-refractivity contribution is -0.137. The molecule has 0 fully saturated rings. The molecule has 15 nitrogen and oxygen atoms in total. The highest BCUT2D eigenvalue weighted by Crippen LogP contribution is 2.38. The largest absolute Gasteiger partial charge is 0.488 e. The van der Waals surface area contributed by atoms with Gasteiger partial charge in [0.2, 0.25) is 0 Å². The first-order chi connectivity index (χ1) is 25.1. The molecule has 0 atom stereocenters. The first-order valence-electron chi connectivity index (χ1n) is 15.2. The van der Waals surface area contributed by atoms with Crippen molar-refractivity contribution in [1.82, 2.24) is 0 Å². The van der Waals surface area contributed by atoms with Crippen LogP contribution in [0.3, 0.4) is 0 Å². The quantitative estimate of drug-likeness (QED) is 0.183. The van der Waals surface area contributed by atoms with Gasteiger partial charge in [-0.3, -0.25) is 19.2 Å². The zero-order valence-corrected chi connectivity index (χ0v) is 27.1. The van der Waals surface area contributed by atoms with E-state index in [1.165, 1.54) is 12.1 Å². The van der Waals surface area contributed by atoms with E-state index in [1.807, 2.05) is 0 Å². The smallest absolute Gasteiger partial charge is 0.323 e. The highest BCUT2D eigenvalue weighted by Gasteiger charge is 2.29. The van der Waals surface area contributed by atoms with Crippen LogP contribution in [0.1, 0.15) is 0 Å². The van der Waals surface area contributed by atoms with Crippen molar-refractivity contribution in [3.05, 3.63) is 65.2 Å². The predicted molar refractivity (Wildman–Crippen MR) is 168 cm³/mol. The van der Waals surface area contributed by atoms with E-state index in [0.29, 0.717) is 12.1 Å². The molecule has 3 aromatic carbocycles. The maximum atomic E-state index is 15.3. The minimum absolute atomic E-state index is 0.0397. The number of carbonyl (C=O) groups is 4. The van der Waals surface area contributed by atoms with Crippen molar-refractivity contribution in [3.8, 4) is 23.0 Å². The molecule has 0 amide bonds. The van der Waals surface area contributed by atoms with Gasteiger partial charge in [-0.2, -0.15) is 0 Å². The zero-order chi connectivity index (χ0) is 39.0. The second-order valence-electron chi connectivity index (χ2n) is 11.0. The number of rotatable bonds is 9. The standard InChI is InChI=1S/C32H29F6N3O12/c33-17-10-21-31(29(37)27(17)35)39(12-23(42)43)3-5-50-19-2-1-16(41(14-25(46)47)15-26(48)49)9-20(19)51-6-4-40(13-24(44)45)32-22(53-8-7-52-21)11-18(34)28(36)30(32)38/h1-2,9-11H,3-8,12-15H2,(H,42,43)(H,44,45)(H,46,47)(H,48,49). The Morgan fingerprint density at radius 3 is 1.38 bits per heavy atom. The van der Waals surface area contributed by atoms with Gasteiger partial charge >= 0.3 is 23.9 Å². The maximum Gasteiger partial charge on any atom is 0.323 e. The van der Waals surface area contributed by atoms with E-state index in [0.717, 1.165) is 20.8 Å². The number of ether oxygens (including phenoxy) is 4. The third kappa shape index (κ3) is 9.95. The Morgan fingerprint density at radius 2 is 0.962 bits per heavy atom. The summed E-state index contributed by atoms with van der Waals surface area (Å²) < 4.78 is 110. The van der Waals surface area contributed by atoms with Gasteiger partial charge in [-0.1, -0.05) is 0 Å². The summed E-state index contributed by atoms with van der Waals surface area (Å²) >= 11 is 0. The van der Waals surface area contributed by atoms with Crippen LogP contribution in [0, 0.1) is 34.9 Å². The van der Waals surface area contributed by atoms with Crippen LogP contribution >= 0.6 is 0 Å². The highest BCUT2D eigenvalue weighted by molar-refractivity contribution is 5.80. The third-order valence-corrected chi connectivity index (χ3v) is 7.27. The molecule has 0 unspecified atom stereocenters. The number of fused-ring (bicyclic) bond motifs is 3. The molecule has 21 heteroatoms. The normalized spacial score (nSPS) is 13.7. The molecule has 0 saturated heterocycles. The Bertz CT molecular complexity index is 1870. The Balaban J connectivity index is 1.85. The van der Waals surface area contributed by atoms with Gasteiger partial charge in [-0.15, -0.1) is 0 Å². The van der Waals surface area contributed by atoms with Crippen molar-refractivity contribution >= 4 is 40.9 Å². The summed E-state index contributed by atoms with van der Waals surface area (Å²) in [6, 6.07) is 4.35. The summed E-state index contributed by atoms with van der Waals surface area (Å²) in [5.74, 6) is -19.0. The van der Waals surface area contributed by atoms with Crippen molar-refractivity contribution in [1.29, 1.82) is 0 Å². The fourth-order valence-corrected chi connectivity index (χ4v) is 5.13. The van der Waals surface area contributed by atoms with Crippen LogP contribution in [0.25, 0.3) is 0 Å². The number of hydrogen-bond donors (Lipinski definition) is 4. The Kier molecular flexibility index (Phi) is 12.9. The van der Waals surface area contributed by atoms with E-state index in [9.17, 15) is 57.2 Å². The summed E-state index contributed by atoms with van der Waals surface area (Å²) in [6.45, 7) is -7.20. The number of nitrogens with zero attached hydrogens (tertiary/aromatic N) is 3. The van der Waals surface area contributed by atoms with Crippen LogP contribution in [-0.2, 0) is 19.2 Å². The van der Waals surface area contributed by atoms with Crippen LogP contribution in [0.5, 0.6) is 23.0 Å². The number of benzene rings is 3. The van der Waals surface area contributed by atoms with Gasteiger partial charge in [-0.25, -0.2) is 26.3 Å². The maximum absolute atomic E-state index is 15.3. The van der Waals surface area contributed by atoms with E-state index in [-0.39, 0.29) is 17.2 Å². The summed E-state index contributed by atoms with van der Waals surface area (Å²) in [5, 5.41) is 37.7. The Labute approximate surface area is 294 Å². The van der Waals surface area contributed by atoms with Gasteiger partial charge in [0.1, 0.15) is 75.5 Å². The molecule has 4 N–H and O–H groups in total. The average Bonchev–Trinajstić information content (AvgIpc) is 3.06. The molecule has 53 heavy (non-hydrogen) atoms. The Hall–Kier alpha value is -6.28. The van der Waals surface area contributed by atoms with Crippen LogP contribution in [0.4, 0.5) is 43.4 Å². The minimum Gasteiger partial charge on any atom is -0.488 e. The molecule has 1 aliphatic rings. The van der Waals surface area contributed by atoms with E-state index >= 15 is 8.78 Å². The predicted octanol–water partition coefficient (Wildman–Crippen LogP) is 3.21. The number of hydrogen-bond acceptors (Lipinski definition) is 11. The van der Waals surface area contributed by atoms with E-state index in [1.54, 1.807) is 0 Å². The van der Waals surface area contributed by atoms with Crippen molar-refractivity contribution in [2.24, 2.45) is 0 Å². The van der Waals surface area contributed by atoms with Gasteiger partial charge < -0.3 is 54.1 Å². The van der Waals surface area contributed by atoms with Crippen LogP contribution < -0.4 is 33.6 Å². The van der Waals surface area contributed by atoms with Crippen LogP contribution in [0.2, 0.25) is 0 Å². The van der Waals surface area contributed by atoms with Crippen molar-refractivity contribution in [2.75, 3.05) is 80.4 Å². The molecule has 0 spiro atoms. The molecule has 0 bridgehead atoms.